The lowest BCUT2D eigenvalue weighted by molar-refractivity contribution is -0.119. The maximum atomic E-state index is 13.1. The van der Waals surface area contributed by atoms with E-state index in [2.05, 4.69) is 0 Å². The molecule has 2 N–H and O–H groups in total. The van der Waals surface area contributed by atoms with Crippen molar-refractivity contribution in [2.45, 2.75) is 12.6 Å². The zero-order valence-corrected chi connectivity index (χ0v) is 12.3. The van der Waals surface area contributed by atoms with E-state index in [9.17, 15) is 9.18 Å². The SMILES string of the molecule is NC1C(=O)N(Cc2ccc(F)cc2Cl)c2ccc(Cl)cc21. The Bertz CT molecular complexity index is 736. The molecular formula is C15H11Cl2FN2O. The summed E-state index contributed by atoms with van der Waals surface area (Å²) in [4.78, 5) is 13.8. The van der Waals surface area contributed by atoms with Crippen LogP contribution in [0.25, 0.3) is 0 Å². The Balaban J connectivity index is 1.98. The van der Waals surface area contributed by atoms with Crippen LogP contribution in [0.1, 0.15) is 17.2 Å². The summed E-state index contributed by atoms with van der Waals surface area (Å²) < 4.78 is 13.1. The number of rotatable bonds is 2. The highest BCUT2D eigenvalue weighted by Gasteiger charge is 2.35. The summed E-state index contributed by atoms with van der Waals surface area (Å²) in [5, 5.41) is 0.803. The minimum atomic E-state index is -0.738. The Labute approximate surface area is 131 Å². The molecule has 3 rings (SSSR count). The summed E-state index contributed by atoms with van der Waals surface area (Å²) in [5.41, 5.74) is 7.97. The molecule has 0 saturated carbocycles. The normalized spacial score (nSPS) is 17.2. The van der Waals surface area contributed by atoms with Gasteiger partial charge in [0.15, 0.2) is 0 Å². The van der Waals surface area contributed by atoms with Crippen molar-refractivity contribution in [1.29, 1.82) is 0 Å². The van der Waals surface area contributed by atoms with Gasteiger partial charge < -0.3 is 10.6 Å². The number of hydrogen-bond acceptors (Lipinski definition) is 2. The quantitative estimate of drug-likeness (QED) is 0.915. The molecule has 0 bridgehead atoms. The highest BCUT2D eigenvalue weighted by atomic mass is 35.5. The van der Waals surface area contributed by atoms with Crippen LogP contribution in [0.5, 0.6) is 0 Å². The van der Waals surface area contributed by atoms with E-state index in [1.54, 1.807) is 24.3 Å². The molecule has 2 aromatic rings. The number of anilines is 1. The summed E-state index contributed by atoms with van der Waals surface area (Å²) in [6.07, 6.45) is 0. The number of fused-ring (bicyclic) bond motifs is 1. The smallest absolute Gasteiger partial charge is 0.248 e. The minimum Gasteiger partial charge on any atom is -0.316 e. The Kier molecular flexibility index (Phi) is 3.61. The van der Waals surface area contributed by atoms with Crippen LogP contribution in [0.15, 0.2) is 36.4 Å². The molecule has 3 nitrogen and oxygen atoms in total. The Hall–Kier alpha value is -1.62. The predicted octanol–water partition coefficient (Wildman–Crippen LogP) is 3.68. The molecule has 1 aliphatic heterocycles. The molecule has 1 amide bonds. The second kappa shape index (κ2) is 5.30. The van der Waals surface area contributed by atoms with Crippen LogP contribution in [-0.2, 0) is 11.3 Å². The standard InChI is InChI=1S/C15H11Cl2FN2O/c16-9-2-4-13-11(5-9)14(19)15(21)20(13)7-8-1-3-10(18)6-12(8)17/h1-6,14H,7,19H2. The van der Waals surface area contributed by atoms with Crippen LogP contribution >= 0.6 is 23.2 Å². The molecule has 0 aliphatic carbocycles. The topological polar surface area (TPSA) is 46.3 Å². The summed E-state index contributed by atoms with van der Waals surface area (Å²) in [6, 6.07) is 8.49. The fourth-order valence-corrected chi connectivity index (χ4v) is 2.83. The van der Waals surface area contributed by atoms with Crippen molar-refractivity contribution in [3.63, 3.8) is 0 Å². The van der Waals surface area contributed by atoms with E-state index in [1.807, 2.05) is 0 Å². The number of hydrogen-bond donors (Lipinski definition) is 1. The average Bonchev–Trinajstić information content (AvgIpc) is 2.66. The van der Waals surface area contributed by atoms with Gasteiger partial charge in [-0.15, -0.1) is 0 Å². The van der Waals surface area contributed by atoms with Crippen molar-refractivity contribution in [2.24, 2.45) is 5.73 Å². The van der Waals surface area contributed by atoms with Gasteiger partial charge in [0.25, 0.3) is 0 Å². The molecule has 21 heavy (non-hydrogen) atoms. The Morgan fingerprint density at radius 3 is 2.67 bits per heavy atom. The number of amides is 1. The third-order valence-corrected chi connectivity index (χ3v) is 4.08. The van der Waals surface area contributed by atoms with Gasteiger partial charge in [0, 0.05) is 21.3 Å². The van der Waals surface area contributed by atoms with Crippen molar-refractivity contribution >= 4 is 34.8 Å². The number of nitrogens with zero attached hydrogens (tertiary/aromatic N) is 1. The second-order valence-electron chi connectivity index (χ2n) is 4.84. The zero-order valence-electron chi connectivity index (χ0n) is 10.8. The van der Waals surface area contributed by atoms with Crippen LogP contribution in [0.4, 0.5) is 10.1 Å². The summed E-state index contributed by atoms with van der Waals surface area (Å²) >= 11 is 12.0. The van der Waals surface area contributed by atoms with Crippen LogP contribution in [0.2, 0.25) is 10.0 Å². The zero-order chi connectivity index (χ0) is 15.1. The third-order valence-electron chi connectivity index (χ3n) is 3.49. The van der Waals surface area contributed by atoms with E-state index in [0.717, 1.165) is 0 Å². The third kappa shape index (κ3) is 2.50. The van der Waals surface area contributed by atoms with E-state index in [1.165, 1.54) is 17.0 Å². The fraction of sp³-hybridized carbons (Fsp3) is 0.133. The van der Waals surface area contributed by atoms with Gasteiger partial charge in [-0.25, -0.2) is 4.39 Å². The van der Waals surface area contributed by atoms with Crippen LogP contribution in [-0.4, -0.2) is 5.91 Å². The number of halogens is 3. The van der Waals surface area contributed by atoms with E-state index in [0.29, 0.717) is 21.8 Å². The van der Waals surface area contributed by atoms with Gasteiger partial charge >= 0.3 is 0 Å². The molecular weight excluding hydrogens is 314 g/mol. The molecule has 1 atom stereocenters. The van der Waals surface area contributed by atoms with Gasteiger partial charge in [-0.3, -0.25) is 4.79 Å². The molecule has 1 heterocycles. The summed E-state index contributed by atoms with van der Waals surface area (Å²) in [5.74, 6) is -0.645. The Morgan fingerprint density at radius 2 is 1.95 bits per heavy atom. The number of carbonyl (C=O) groups excluding carboxylic acids is 1. The van der Waals surface area contributed by atoms with Gasteiger partial charge in [-0.05, 0) is 35.9 Å². The Morgan fingerprint density at radius 1 is 1.19 bits per heavy atom. The molecule has 0 aromatic heterocycles. The predicted molar refractivity (Wildman–Crippen MR) is 81.0 cm³/mol. The van der Waals surface area contributed by atoms with Crippen molar-refractivity contribution in [3.8, 4) is 0 Å². The first-order chi connectivity index (χ1) is 9.97. The number of carbonyl (C=O) groups is 1. The van der Waals surface area contributed by atoms with Crippen molar-refractivity contribution in [3.05, 3.63) is 63.4 Å². The average molecular weight is 325 g/mol. The molecule has 2 aromatic carbocycles. The molecule has 6 heteroatoms. The monoisotopic (exact) mass is 324 g/mol. The summed E-state index contributed by atoms with van der Waals surface area (Å²) in [6.45, 7) is 0.236. The maximum Gasteiger partial charge on any atom is 0.248 e. The minimum absolute atomic E-state index is 0.229. The molecule has 0 fully saturated rings. The molecule has 1 unspecified atom stereocenters. The van der Waals surface area contributed by atoms with Gasteiger partial charge in [-0.2, -0.15) is 0 Å². The maximum absolute atomic E-state index is 13.1. The van der Waals surface area contributed by atoms with E-state index >= 15 is 0 Å². The lowest BCUT2D eigenvalue weighted by atomic mass is 10.1. The summed E-state index contributed by atoms with van der Waals surface area (Å²) in [7, 11) is 0. The second-order valence-corrected chi connectivity index (χ2v) is 5.68. The van der Waals surface area contributed by atoms with Crippen LogP contribution in [0, 0.1) is 5.82 Å². The van der Waals surface area contributed by atoms with Gasteiger partial charge in [-0.1, -0.05) is 29.3 Å². The highest BCUT2D eigenvalue weighted by Crippen LogP contribution is 2.37. The fourth-order valence-electron chi connectivity index (χ4n) is 2.42. The van der Waals surface area contributed by atoms with Gasteiger partial charge in [0.1, 0.15) is 11.9 Å². The number of benzene rings is 2. The molecule has 108 valence electrons. The molecule has 0 saturated heterocycles. The van der Waals surface area contributed by atoms with E-state index < -0.39 is 11.9 Å². The largest absolute Gasteiger partial charge is 0.316 e. The molecule has 0 spiro atoms. The highest BCUT2D eigenvalue weighted by molar-refractivity contribution is 6.31. The van der Waals surface area contributed by atoms with E-state index in [4.69, 9.17) is 28.9 Å². The van der Waals surface area contributed by atoms with E-state index in [-0.39, 0.29) is 17.5 Å². The lowest BCUT2D eigenvalue weighted by Gasteiger charge is -2.18. The van der Waals surface area contributed by atoms with Crippen LogP contribution in [0.3, 0.4) is 0 Å². The van der Waals surface area contributed by atoms with Crippen LogP contribution < -0.4 is 10.6 Å². The van der Waals surface area contributed by atoms with Crippen molar-refractivity contribution in [2.75, 3.05) is 4.90 Å². The first-order valence-corrected chi connectivity index (χ1v) is 7.03. The van der Waals surface area contributed by atoms with Gasteiger partial charge in [0.05, 0.1) is 6.54 Å². The lowest BCUT2D eigenvalue weighted by Crippen LogP contribution is -2.31. The van der Waals surface area contributed by atoms with Crippen molar-refractivity contribution < 1.29 is 9.18 Å². The number of nitrogens with two attached hydrogens (primary N) is 1. The molecule has 0 radical (unpaired) electrons. The first kappa shape index (κ1) is 14.3. The molecule has 1 aliphatic rings. The van der Waals surface area contributed by atoms with Gasteiger partial charge in [0.2, 0.25) is 5.91 Å². The van der Waals surface area contributed by atoms with Crippen molar-refractivity contribution in [1.82, 2.24) is 0 Å². The first-order valence-electron chi connectivity index (χ1n) is 6.27.